The smallest absolute Gasteiger partial charge is 0.261 e. The maximum Gasteiger partial charge on any atom is 0.261 e. The van der Waals surface area contributed by atoms with Gasteiger partial charge in [-0.2, -0.15) is 0 Å². The van der Waals surface area contributed by atoms with Crippen molar-refractivity contribution in [2.45, 2.75) is 25.3 Å². The lowest BCUT2D eigenvalue weighted by Crippen LogP contribution is -2.52. The second-order valence-electron chi connectivity index (χ2n) is 4.24. The van der Waals surface area contributed by atoms with Crippen molar-refractivity contribution in [2.75, 3.05) is 13.1 Å². The molecule has 0 radical (unpaired) electrons. The summed E-state index contributed by atoms with van der Waals surface area (Å²) >= 11 is 1.49. The highest BCUT2D eigenvalue weighted by Gasteiger charge is 2.28. The largest absolute Gasteiger partial charge is 0.346 e. The second-order valence-corrected chi connectivity index (χ2v) is 5.19. The van der Waals surface area contributed by atoms with E-state index in [2.05, 4.69) is 17.6 Å². The van der Waals surface area contributed by atoms with Gasteiger partial charge in [0.15, 0.2) is 0 Å². The van der Waals surface area contributed by atoms with Gasteiger partial charge in [-0.1, -0.05) is 6.07 Å². The Kier molecular flexibility index (Phi) is 4.77. The van der Waals surface area contributed by atoms with Gasteiger partial charge in [-0.15, -0.1) is 23.7 Å². The molecule has 5 heteroatoms. The van der Waals surface area contributed by atoms with Crippen LogP contribution in [0, 0.1) is 0 Å². The number of piperidine rings is 1. The number of carbonyl (C=O) groups excluding carboxylic acids is 1. The van der Waals surface area contributed by atoms with E-state index >= 15 is 0 Å². The van der Waals surface area contributed by atoms with Crippen LogP contribution >= 0.6 is 23.7 Å². The Morgan fingerprint density at radius 2 is 2.19 bits per heavy atom. The number of halogens is 1. The van der Waals surface area contributed by atoms with Crippen LogP contribution in [-0.4, -0.2) is 24.5 Å². The summed E-state index contributed by atoms with van der Waals surface area (Å²) in [5.41, 5.74) is -0.0354. The molecule has 90 valence electrons. The van der Waals surface area contributed by atoms with Crippen molar-refractivity contribution in [1.82, 2.24) is 10.6 Å². The van der Waals surface area contributed by atoms with E-state index in [0.29, 0.717) is 0 Å². The molecular formula is C11H17ClN2OS. The first kappa shape index (κ1) is 13.5. The minimum absolute atomic E-state index is 0. The Balaban J connectivity index is 0.00000128. The van der Waals surface area contributed by atoms with Crippen molar-refractivity contribution in [3.8, 4) is 0 Å². The zero-order chi connectivity index (χ0) is 10.7. The van der Waals surface area contributed by atoms with Gasteiger partial charge in [-0.3, -0.25) is 4.79 Å². The standard InChI is InChI=1S/C11H16N2OS.ClH/c1-11(4-6-12-7-5-11)13-10(14)9-3-2-8-15-9;/h2-3,8,12H,4-7H2,1H3,(H,13,14);1H. The topological polar surface area (TPSA) is 41.1 Å². The van der Waals surface area contributed by atoms with E-state index < -0.39 is 0 Å². The molecule has 0 unspecified atom stereocenters. The molecule has 1 fully saturated rings. The molecule has 3 nitrogen and oxygen atoms in total. The third-order valence-corrected chi connectivity index (χ3v) is 3.74. The summed E-state index contributed by atoms with van der Waals surface area (Å²) in [6.45, 7) is 4.10. The molecule has 16 heavy (non-hydrogen) atoms. The molecule has 1 aliphatic rings. The molecule has 1 aromatic rings. The summed E-state index contributed by atoms with van der Waals surface area (Å²) in [7, 11) is 0. The quantitative estimate of drug-likeness (QED) is 0.855. The summed E-state index contributed by atoms with van der Waals surface area (Å²) < 4.78 is 0. The van der Waals surface area contributed by atoms with Crippen molar-refractivity contribution in [3.63, 3.8) is 0 Å². The van der Waals surface area contributed by atoms with E-state index in [1.54, 1.807) is 0 Å². The molecule has 1 amide bonds. The van der Waals surface area contributed by atoms with E-state index in [9.17, 15) is 4.79 Å². The van der Waals surface area contributed by atoms with Gasteiger partial charge in [0.25, 0.3) is 5.91 Å². The predicted molar refractivity (Wildman–Crippen MR) is 69.5 cm³/mol. The molecule has 0 atom stereocenters. The van der Waals surface area contributed by atoms with Crippen LogP contribution < -0.4 is 10.6 Å². The van der Waals surface area contributed by atoms with Gasteiger partial charge in [0.05, 0.1) is 4.88 Å². The molecule has 2 rings (SSSR count). The number of thiophene rings is 1. The van der Waals surface area contributed by atoms with Gasteiger partial charge in [0, 0.05) is 5.54 Å². The summed E-state index contributed by atoms with van der Waals surface area (Å²) in [4.78, 5) is 12.7. The maximum absolute atomic E-state index is 11.9. The molecule has 1 saturated heterocycles. The Bertz CT molecular complexity index is 334. The fourth-order valence-electron chi connectivity index (χ4n) is 1.85. The number of carbonyl (C=O) groups is 1. The van der Waals surface area contributed by atoms with Crippen molar-refractivity contribution in [2.24, 2.45) is 0 Å². The molecule has 2 N–H and O–H groups in total. The summed E-state index contributed by atoms with van der Waals surface area (Å²) in [6, 6.07) is 3.77. The van der Waals surface area contributed by atoms with E-state index in [1.165, 1.54) is 11.3 Å². The SMILES string of the molecule is CC1(NC(=O)c2cccs2)CCNCC1.Cl. The zero-order valence-electron chi connectivity index (χ0n) is 9.29. The first-order chi connectivity index (χ1) is 7.20. The third-order valence-electron chi connectivity index (χ3n) is 2.87. The summed E-state index contributed by atoms with van der Waals surface area (Å²) in [5, 5.41) is 8.36. The Morgan fingerprint density at radius 1 is 1.50 bits per heavy atom. The van der Waals surface area contributed by atoms with Gasteiger partial charge in [0.1, 0.15) is 0 Å². The molecule has 0 aromatic carbocycles. The van der Waals surface area contributed by atoms with Crippen LogP contribution in [0.5, 0.6) is 0 Å². The highest BCUT2D eigenvalue weighted by Crippen LogP contribution is 2.19. The lowest BCUT2D eigenvalue weighted by molar-refractivity contribution is 0.0892. The van der Waals surface area contributed by atoms with Crippen LogP contribution in [0.1, 0.15) is 29.4 Å². The molecule has 2 heterocycles. The second kappa shape index (κ2) is 5.66. The maximum atomic E-state index is 11.9. The van der Waals surface area contributed by atoms with E-state index in [-0.39, 0.29) is 23.9 Å². The number of nitrogens with one attached hydrogen (secondary N) is 2. The van der Waals surface area contributed by atoms with Gasteiger partial charge in [-0.25, -0.2) is 0 Å². The van der Waals surface area contributed by atoms with Gasteiger partial charge in [-0.05, 0) is 44.3 Å². The molecule has 1 aromatic heterocycles. The predicted octanol–water partition coefficient (Wildman–Crippen LogP) is 2.04. The van der Waals surface area contributed by atoms with Crippen LogP contribution in [0.2, 0.25) is 0 Å². The Morgan fingerprint density at radius 3 is 2.75 bits per heavy atom. The average molecular weight is 261 g/mol. The fraction of sp³-hybridized carbons (Fsp3) is 0.545. The lowest BCUT2D eigenvalue weighted by atomic mass is 9.90. The molecular weight excluding hydrogens is 244 g/mol. The summed E-state index contributed by atoms with van der Waals surface area (Å²) in [5.74, 6) is 0.0643. The summed E-state index contributed by atoms with van der Waals surface area (Å²) in [6.07, 6.45) is 2.01. The molecule has 0 spiro atoms. The Labute approximate surface area is 106 Å². The third kappa shape index (κ3) is 3.20. The molecule has 0 aliphatic carbocycles. The highest BCUT2D eigenvalue weighted by molar-refractivity contribution is 7.12. The highest BCUT2D eigenvalue weighted by atomic mass is 35.5. The number of rotatable bonds is 2. The van der Waals surface area contributed by atoms with Crippen molar-refractivity contribution in [1.29, 1.82) is 0 Å². The van der Waals surface area contributed by atoms with Crippen LogP contribution in [-0.2, 0) is 0 Å². The van der Waals surface area contributed by atoms with Gasteiger partial charge < -0.3 is 10.6 Å². The molecule has 0 bridgehead atoms. The Hall–Kier alpha value is -0.580. The average Bonchev–Trinajstić information content (AvgIpc) is 2.70. The molecule has 1 aliphatic heterocycles. The van der Waals surface area contributed by atoms with Crippen molar-refractivity contribution < 1.29 is 4.79 Å². The number of amides is 1. The van der Waals surface area contributed by atoms with Gasteiger partial charge in [0.2, 0.25) is 0 Å². The monoisotopic (exact) mass is 260 g/mol. The van der Waals surface area contributed by atoms with Crippen molar-refractivity contribution in [3.05, 3.63) is 22.4 Å². The minimum Gasteiger partial charge on any atom is -0.346 e. The minimum atomic E-state index is -0.0354. The first-order valence-corrected chi connectivity index (χ1v) is 6.14. The van der Waals surface area contributed by atoms with Crippen molar-refractivity contribution >= 4 is 29.7 Å². The zero-order valence-corrected chi connectivity index (χ0v) is 10.9. The fourth-order valence-corrected chi connectivity index (χ4v) is 2.47. The number of hydrogen-bond acceptors (Lipinski definition) is 3. The lowest BCUT2D eigenvalue weighted by Gasteiger charge is -2.34. The molecule has 0 saturated carbocycles. The normalized spacial score (nSPS) is 18.6. The van der Waals surface area contributed by atoms with Crippen LogP contribution in [0.25, 0.3) is 0 Å². The van der Waals surface area contributed by atoms with E-state index in [0.717, 1.165) is 30.8 Å². The van der Waals surface area contributed by atoms with Crippen LogP contribution in [0.4, 0.5) is 0 Å². The number of hydrogen-bond donors (Lipinski definition) is 2. The van der Waals surface area contributed by atoms with Crippen LogP contribution in [0.3, 0.4) is 0 Å². The van der Waals surface area contributed by atoms with Crippen LogP contribution in [0.15, 0.2) is 17.5 Å². The van der Waals surface area contributed by atoms with E-state index in [1.807, 2.05) is 17.5 Å². The van der Waals surface area contributed by atoms with E-state index in [4.69, 9.17) is 0 Å². The van der Waals surface area contributed by atoms with Gasteiger partial charge >= 0.3 is 0 Å². The first-order valence-electron chi connectivity index (χ1n) is 5.26.